The second-order valence-electron chi connectivity index (χ2n) is 15.4. The number of carbonyl (C=O) groups excluding carboxylic acids is 2. The fourth-order valence-electron chi connectivity index (χ4n) is 7.65. The first-order chi connectivity index (χ1) is 30.9. The Balaban J connectivity index is 1.51. The third-order valence-corrected chi connectivity index (χ3v) is 12.6. The quantitative estimate of drug-likeness (QED) is 0.0366. The highest BCUT2D eigenvalue weighted by atomic mass is 31.2. The van der Waals surface area contributed by atoms with Crippen molar-refractivity contribution in [3.05, 3.63) is 154 Å². The molecule has 5 aromatic rings. The summed E-state index contributed by atoms with van der Waals surface area (Å²) in [6.45, 7) is 9.09. The zero-order valence-corrected chi connectivity index (χ0v) is 37.8. The summed E-state index contributed by atoms with van der Waals surface area (Å²) in [7, 11) is 1.16. The molecule has 5 atom stereocenters. The van der Waals surface area contributed by atoms with Crippen molar-refractivity contribution in [2.75, 3.05) is 32.8 Å². The summed E-state index contributed by atoms with van der Waals surface area (Å²) in [6.07, 6.45) is -3.33. The lowest BCUT2D eigenvalue weighted by molar-refractivity contribution is -0.244. The first kappa shape index (κ1) is 47.5. The van der Waals surface area contributed by atoms with Crippen molar-refractivity contribution in [2.24, 2.45) is 0 Å². The van der Waals surface area contributed by atoms with E-state index in [2.05, 4.69) is 16.4 Å². The Morgan fingerprint density at radius 2 is 1.42 bits per heavy atom. The number of anilines is 1. The van der Waals surface area contributed by atoms with Crippen LogP contribution in [0.2, 0.25) is 0 Å². The van der Waals surface area contributed by atoms with Gasteiger partial charge in [-0.15, -0.1) is 0 Å². The van der Waals surface area contributed by atoms with Gasteiger partial charge in [-0.3, -0.25) is 14.2 Å². The number of rotatable bonds is 19. The van der Waals surface area contributed by atoms with Crippen LogP contribution < -0.4 is 20.5 Å². The van der Waals surface area contributed by atoms with E-state index >= 15 is 0 Å². The monoisotopic (exact) mass is 891 g/mol. The Kier molecular flexibility index (Phi) is 16.4. The molecule has 6 rings (SSSR count). The third kappa shape index (κ3) is 11.0. The van der Waals surface area contributed by atoms with Gasteiger partial charge in [0.15, 0.2) is 18.4 Å². The summed E-state index contributed by atoms with van der Waals surface area (Å²) in [5.41, 5.74) is 0.400. The zero-order chi connectivity index (χ0) is 45.8. The van der Waals surface area contributed by atoms with E-state index in [1.54, 1.807) is 44.6 Å². The van der Waals surface area contributed by atoms with Gasteiger partial charge in [-0.25, -0.2) is 9.46 Å². The van der Waals surface area contributed by atoms with Crippen LogP contribution in [0.25, 0.3) is 0 Å². The van der Waals surface area contributed by atoms with Crippen LogP contribution in [0.3, 0.4) is 0 Å². The number of nitrogens with zero attached hydrogens (tertiary/aromatic N) is 4. The van der Waals surface area contributed by atoms with Crippen molar-refractivity contribution in [1.29, 1.82) is 5.26 Å². The van der Waals surface area contributed by atoms with Gasteiger partial charge in [0.25, 0.3) is 14.4 Å². The van der Waals surface area contributed by atoms with Gasteiger partial charge in [-0.1, -0.05) is 72.8 Å². The minimum atomic E-state index is -2.02. The maximum Gasteiger partial charge on any atom is 0.351 e. The van der Waals surface area contributed by atoms with E-state index < -0.39 is 56.2 Å². The molecule has 1 fully saturated rings. The second kappa shape index (κ2) is 22.1. The van der Waals surface area contributed by atoms with Gasteiger partial charge < -0.3 is 38.0 Å². The van der Waals surface area contributed by atoms with E-state index in [1.165, 1.54) is 23.8 Å². The minimum absolute atomic E-state index is 0.0145. The highest BCUT2D eigenvalue weighted by Gasteiger charge is 2.52. The normalized spacial score (nSPS) is 18.0. The van der Waals surface area contributed by atoms with E-state index in [9.17, 15) is 19.6 Å². The Bertz CT molecular complexity index is 2340. The number of benzene rings is 4. The predicted molar refractivity (Wildman–Crippen MR) is 241 cm³/mol. The van der Waals surface area contributed by atoms with Gasteiger partial charge >= 0.3 is 11.7 Å². The van der Waals surface area contributed by atoms with Gasteiger partial charge in [0.1, 0.15) is 29.0 Å². The molecule has 0 radical (unpaired) electrons. The fourth-order valence-corrected chi connectivity index (χ4v) is 9.39. The number of amides is 1. The highest BCUT2D eigenvalue weighted by molar-refractivity contribution is 7.44. The Morgan fingerprint density at radius 1 is 0.859 bits per heavy atom. The summed E-state index contributed by atoms with van der Waals surface area (Å²) >= 11 is 0. The lowest BCUT2D eigenvalue weighted by Gasteiger charge is -2.47. The number of aromatic nitrogens is 2. The molecule has 336 valence electrons. The molecule has 2 heterocycles. The minimum Gasteiger partial charge on any atom is -0.497 e. The molecule has 0 aliphatic carbocycles. The molecule has 15 nitrogen and oxygen atoms in total. The predicted octanol–water partition coefficient (Wildman–Crippen LogP) is 8.01. The van der Waals surface area contributed by atoms with Crippen LogP contribution >= 0.6 is 8.53 Å². The fraction of sp³-hybridized carbons (Fsp3) is 0.354. The molecule has 64 heavy (non-hydrogen) atoms. The molecule has 1 N–H and O–H groups in total. The van der Waals surface area contributed by atoms with Crippen LogP contribution in [-0.2, 0) is 33.7 Å². The first-order valence-electron chi connectivity index (χ1n) is 20.9. The average molecular weight is 892 g/mol. The molecule has 1 unspecified atom stereocenters. The van der Waals surface area contributed by atoms with Crippen molar-refractivity contribution >= 4 is 26.2 Å². The zero-order valence-electron chi connectivity index (χ0n) is 37.0. The maximum atomic E-state index is 14.1. The molecule has 1 aliphatic rings. The van der Waals surface area contributed by atoms with E-state index in [0.29, 0.717) is 28.2 Å². The number of esters is 1. The van der Waals surface area contributed by atoms with E-state index in [1.807, 2.05) is 111 Å². The highest BCUT2D eigenvalue weighted by Crippen LogP contribution is 2.51. The van der Waals surface area contributed by atoms with E-state index in [-0.39, 0.29) is 37.5 Å². The van der Waals surface area contributed by atoms with Crippen molar-refractivity contribution in [1.82, 2.24) is 14.2 Å². The summed E-state index contributed by atoms with van der Waals surface area (Å²) < 4.78 is 48.1. The molecular weight excluding hydrogens is 838 g/mol. The van der Waals surface area contributed by atoms with Crippen molar-refractivity contribution in [3.8, 4) is 17.6 Å². The number of nitriles is 1. The summed E-state index contributed by atoms with van der Waals surface area (Å²) in [5.74, 6) is 0.180. The van der Waals surface area contributed by atoms with Crippen LogP contribution in [0.5, 0.6) is 11.5 Å². The Labute approximate surface area is 374 Å². The lowest BCUT2D eigenvalue weighted by atomic mass is 9.79. The number of nitrogens with one attached hydrogen (secondary N) is 1. The van der Waals surface area contributed by atoms with Crippen LogP contribution in [0.15, 0.2) is 126 Å². The lowest BCUT2D eigenvalue weighted by Crippen LogP contribution is -2.58. The molecule has 1 amide bonds. The molecule has 1 aromatic heterocycles. The third-order valence-electron chi connectivity index (χ3n) is 10.5. The number of methoxy groups -OCH3 is 2. The van der Waals surface area contributed by atoms with Crippen LogP contribution in [-0.4, -0.2) is 83.9 Å². The first-order valence-corrected chi connectivity index (χ1v) is 22.0. The van der Waals surface area contributed by atoms with Gasteiger partial charge in [0.05, 0.1) is 39.9 Å². The molecule has 1 saturated heterocycles. The van der Waals surface area contributed by atoms with E-state index in [4.69, 9.17) is 32.7 Å². The van der Waals surface area contributed by atoms with Gasteiger partial charge in [0, 0.05) is 30.8 Å². The van der Waals surface area contributed by atoms with Crippen molar-refractivity contribution < 1.29 is 42.3 Å². The number of carbonyl (C=O) groups is 2. The summed E-state index contributed by atoms with van der Waals surface area (Å²) in [4.78, 5) is 44.6. The maximum absolute atomic E-state index is 14.1. The number of hydrogen-bond acceptors (Lipinski definition) is 13. The SMILES string of the molecule is COc1ccc(C(O[C@H]2CO[C@@H](n3ccc(NC(=O)c4ccccc4)nc3=O)[C@H](OP(OCCC#N)N(C(C)C)C(C)C)[C@@H]2OC(C)=O)(c2ccccc2)c2ccc(OC)cc2)cc1. The van der Waals surface area contributed by atoms with Crippen LogP contribution in [0.1, 0.15) is 74.3 Å². The van der Waals surface area contributed by atoms with Crippen molar-refractivity contribution in [3.63, 3.8) is 0 Å². The number of hydrogen-bond donors (Lipinski definition) is 1. The smallest absolute Gasteiger partial charge is 0.351 e. The Morgan fingerprint density at radius 3 is 1.94 bits per heavy atom. The standard InChI is InChI=1S/C48H54N5O10P/c1-32(2)53(33(3)4)64(60-30-14-28-49)63-44-43(61-34(5)54)41(31-59-46(44)52-29-27-42(51-47(52)56)50-45(55)35-15-10-8-11-16-35)62-48(36-17-12-9-13-18-36,37-19-23-39(57-6)24-20-37)38-21-25-40(58-7)26-22-38/h8-13,15-27,29,32-33,41,43-44,46H,14,30-31H2,1-7H3,(H,50,51,55,56)/t41-,43+,44+,46+,64?/m0/s1. The van der Waals surface area contributed by atoms with Gasteiger partial charge in [-0.2, -0.15) is 10.2 Å². The molecule has 0 saturated carbocycles. The summed E-state index contributed by atoms with van der Waals surface area (Å²) in [5, 5.41) is 12.2. The molecule has 0 bridgehead atoms. The number of ether oxygens (including phenoxy) is 5. The topological polar surface area (TPSA) is 173 Å². The molecular formula is C48H54N5O10P. The van der Waals surface area contributed by atoms with E-state index in [0.717, 1.165) is 5.56 Å². The summed E-state index contributed by atoms with van der Waals surface area (Å²) in [6, 6.07) is 36.5. The Hall–Kier alpha value is -5.98. The van der Waals surface area contributed by atoms with Gasteiger partial charge in [-0.05, 0) is 86.8 Å². The van der Waals surface area contributed by atoms with Crippen molar-refractivity contribution in [2.45, 2.75) is 83.3 Å². The largest absolute Gasteiger partial charge is 0.497 e. The second-order valence-corrected chi connectivity index (χ2v) is 16.8. The molecule has 4 aromatic carbocycles. The van der Waals surface area contributed by atoms with Crippen LogP contribution in [0, 0.1) is 11.3 Å². The molecule has 16 heteroatoms. The van der Waals surface area contributed by atoms with Crippen LogP contribution in [0.4, 0.5) is 5.82 Å². The average Bonchev–Trinajstić information content (AvgIpc) is 3.29. The molecule has 1 aliphatic heterocycles. The van der Waals surface area contributed by atoms with Gasteiger partial charge in [0.2, 0.25) is 0 Å². The molecule has 0 spiro atoms.